The van der Waals surface area contributed by atoms with Gasteiger partial charge in [0.1, 0.15) is 0 Å². The monoisotopic (exact) mass is 251 g/mol. The van der Waals surface area contributed by atoms with E-state index < -0.39 is 23.5 Å². The van der Waals surface area contributed by atoms with Gasteiger partial charge in [0.25, 0.3) is 6.43 Å². The van der Waals surface area contributed by atoms with E-state index in [0.29, 0.717) is 0 Å². The molecule has 0 atom stereocenters. The highest BCUT2D eigenvalue weighted by Gasteiger charge is 2.20. The van der Waals surface area contributed by atoms with Crippen molar-refractivity contribution in [3.05, 3.63) is 28.0 Å². The maximum Gasteiger partial charge on any atom is 0.337 e. The molecular weight excluding hydrogens is 248 g/mol. The quantitative estimate of drug-likeness (QED) is 0.879. The largest absolute Gasteiger partial charge is 0.478 e. The van der Waals surface area contributed by atoms with Gasteiger partial charge in [-0.25, -0.2) is 13.6 Å². The van der Waals surface area contributed by atoms with Crippen molar-refractivity contribution in [3.63, 3.8) is 0 Å². The van der Waals surface area contributed by atoms with Gasteiger partial charge in [0.05, 0.1) is 5.56 Å². The van der Waals surface area contributed by atoms with Crippen molar-refractivity contribution in [1.82, 2.24) is 4.98 Å². The van der Waals surface area contributed by atoms with Crippen LogP contribution in [0.5, 0.6) is 0 Å². The number of carbonyl (C=O) groups is 1. The summed E-state index contributed by atoms with van der Waals surface area (Å²) in [7, 11) is 0. The molecule has 0 saturated heterocycles. The lowest BCUT2D eigenvalue weighted by Crippen LogP contribution is -2.04. The van der Waals surface area contributed by atoms with Gasteiger partial charge in [0.15, 0.2) is 0 Å². The Morgan fingerprint density at radius 1 is 1.54 bits per heavy atom. The normalized spacial score (nSPS) is 10.5. The predicted octanol–water partition coefficient (Wildman–Crippen LogP) is 2.48. The molecule has 0 aromatic carbocycles. The second kappa shape index (κ2) is 3.78. The molecule has 0 fully saturated rings. The molecule has 13 heavy (non-hydrogen) atoms. The first-order chi connectivity index (χ1) is 6.04. The van der Waals surface area contributed by atoms with Crippen LogP contribution in [0.15, 0.2) is 16.9 Å². The number of alkyl halides is 2. The fourth-order valence-corrected chi connectivity index (χ4v) is 1.34. The Kier molecular flexibility index (Phi) is 2.92. The van der Waals surface area contributed by atoms with Gasteiger partial charge in [0.2, 0.25) is 0 Å². The number of halogens is 3. The highest BCUT2D eigenvalue weighted by atomic mass is 79.9. The zero-order valence-corrected chi connectivity index (χ0v) is 7.75. The number of aromatic nitrogens is 1. The van der Waals surface area contributed by atoms with Gasteiger partial charge in [-0.3, -0.25) is 4.98 Å². The standard InChI is InChI=1S/C7H4BrF2NO2/c8-4-2-11-1-3(7(12)13)5(4)6(9)10/h1-2,6H,(H,12,13). The maximum absolute atomic E-state index is 12.3. The Morgan fingerprint density at radius 3 is 2.54 bits per heavy atom. The van der Waals surface area contributed by atoms with E-state index in [1.165, 1.54) is 0 Å². The summed E-state index contributed by atoms with van der Waals surface area (Å²) in [5.74, 6) is -1.41. The smallest absolute Gasteiger partial charge is 0.337 e. The lowest BCUT2D eigenvalue weighted by molar-refractivity contribution is 0.0683. The highest BCUT2D eigenvalue weighted by Crippen LogP contribution is 2.29. The molecule has 0 aliphatic rings. The van der Waals surface area contributed by atoms with Crippen LogP contribution >= 0.6 is 15.9 Å². The molecule has 1 aromatic heterocycles. The molecule has 0 bridgehead atoms. The van der Waals surface area contributed by atoms with Crippen molar-refractivity contribution in [2.75, 3.05) is 0 Å². The highest BCUT2D eigenvalue weighted by molar-refractivity contribution is 9.10. The van der Waals surface area contributed by atoms with Gasteiger partial charge in [-0.2, -0.15) is 0 Å². The molecule has 1 rings (SSSR count). The van der Waals surface area contributed by atoms with Crippen LogP contribution in [0.3, 0.4) is 0 Å². The first-order valence-corrected chi connectivity index (χ1v) is 3.98. The van der Waals surface area contributed by atoms with Crippen molar-refractivity contribution >= 4 is 21.9 Å². The van der Waals surface area contributed by atoms with Gasteiger partial charge in [-0.15, -0.1) is 0 Å². The maximum atomic E-state index is 12.3. The topological polar surface area (TPSA) is 50.2 Å². The zero-order chi connectivity index (χ0) is 10.0. The Balaban J connectivity index is 3.34. The molecular formula is C7H4BrF2NO2. The van der Waals surface area contributed by atoms with E-state index in [-0.39, 0.29) is 4.47 Å². The van der Waals surface area contributed by atoms with E-state index in [0.717, 1.165) is 12.4 Å². The molecule has 0 spiro atoms. The van der Waals surface area contributed by atoms with Crippen LogP contribution in [0, 0.1) is 0 Å². The van der Waals surface area contributed by atoms with Crippen LogP contribution in [-0.2, 0) is 0 Å². The average Bonchev–Trinajstić information content (AvgIpc) is 2.02. The summed E-state index contributed by atoms with van der Waals surface area (Å²) in [4.78, 5) is 14.0. The summed E-state index contributed by atoms with van der Waals surface area (Å²) in [5.41, 5.74) is -1.02. The summed E-state index contributed by atoms with van der Waals surface area (Å²) < 4.78 is 24.7. The molecule has 6 heteroatoms. The lowest BCUT2D eigenvalue weighted by Gasteiger charge is -2.05. The summed E-state index contributed by atoms with van der Waals surface area (Å²) in [6, 6.07) is 0. The van der Waals surface area contributed by atoms with Crippen molar-refractivity contribution in [1.29, 1.82) is 0 Å². The van der Waals surface area contributed by atoms with Crippen molar-refractivity contribution in [2.24, 2.45) is 0 Å². The van der Waals surface area contributed by atoms with Crippen molar-refractivity contribution < 1.29 is 18.7 Å². The van der Waals surface area contributed by atoms with Crippen molar-refractivity contribution in [3.8, 4) is 0 Å². The van der Waals surface area contributed by atoms with E-state index in [4.69, 9.17) is 5.11 Å². The van der Waals surface area contributed by atoms with Crippen LogP contribution in [0.2, 0.25) is 0 Å². The number of aromatic carboxylic acids is 1. The van der Waals surface area contributed by atoms with Gasteiger partial charge >= 0.3 is 5.97 Å². The molecule has 70 valence electrons. The number of nitrogens with zero attached hydrogens (tertiary/aromatic N) is 1. The molecule has 0 aliphatic heterocycles. The summed E-state index contributed by atoms with van der Waals surface area (Å²) >= 11 is 2.81. The third-order valence-corrected chi connectivity index (χ3v) is 2.02. The molecule has 3 nitrogen and oxygen atoms in total. The molecule has 0 aliphatic carbocycles. The molecule has 1 N–H and O–H groups in total. The predicted molar refractivity (Wildman–Crippen MR) is 43.9 cm³/mol. The second-order valence-corrected chi connectivity index (χ2v) is 3.04. The van der Waals surface area contributed by atoms with Gasteiger partial charge in [-0.1, -0.05) is 0 Å². The van der Waals surface area contributed by atoms with E-state index in [1.807, 2.05) is 0 Å². The van der Waals surface area contributed by atoms with Crippen LogP contribution in [-0.4, -0.2) is 16.1 Å². The Bertz CT molecular complexity index is 343. The fraction of sp³-hybridized carbons (Fsp3) is 0.143. The first-order valence-electron chi connectivity index (χ1n) is 3.19. The third kappa shape index (κ3) is 2.00. The van der Waals surface area contributed by atoms with Crippen molar-refractivity contribution in [2.45, 2.75) is 6.43 Å². The minimum Gasteiger partial charge on any atom is -0.478 e. The Morgan fingerprint density at radius 2 is 2.15 bits per heavy atom. The molecule has 0 amide bonds. The second-order valence-electron chi connectivity index (χ2n) is 2.19. The Labute approximate surface area is 80.5 Å². The molecule has 0 radical (unpaired) electrons. The van der Waals surface area contributed by atoms with Crippen LogP contribution in [0.4, 0.5) is 8.78 Å². The van der Waals surface area contributed by atoms with Gasteiger partial charge in [0, 0.05) is 22.4 Å². The van der Waals surface area contributed by atoms with E-state index in [9.17, 15) is 13.6 Å². The number of carboxylic acids is 1. The summed E-state index contributed by atoms with van der Waals surface area (Å²) in [6.07, 6.45) is -0.800. The SMILES string of the molecule is O=C(O)c1cncc(Br)c1C(F)F. The Hall–Kier alpha value is -1.04. The van der Waals surface area contributed by atoms with Crippen LogP contribution in [0.25, 0.3) is 0 Å². The van der Waals surface area contributed by atoms with E-state index in [2.05, 4.69) is 20.9 Å². The minimum absolute atomic E-state index is 0.00222. The average molecular weight is 252 g/mol. The minimum atomic E-state index is -2.83. The summed E-state index contributed by atoms with van der Waals surface area (Å²) in [5, 5.41) is 8.54. The van der Waals surface area contributed by atoms with Crippen LogP contribution in [0.1, 0.15) is 22.3 Å². The van der Waals surface area contributed by atoms with Gasteiger partial charge in [-0.05, 0) is 15.9 Å². The van der Waals surface area contributed by atoms with Gasteiger partial charge < -0.3 is 5.11 Å². The first kappa shape index (κ1) is 10.0. The number of carboxylic acid groups (broad SMARTS) is 1. The molecule has 1 heterocycles. The van der Waals surface area contributed by atoms with E-state index >= 15 is 0 Å². The fourth-order valence-electron chi connectivity index (χ4n) is 0.837. The number of hydrogen-bond acceptors (Lipinski definition) is 2. The summed E-state index contributed by atoms with van der Waals surface area (Å²) in [6.45, 7) is 0. The van der Waals surface area contributed by atoms with E-state index in [1.54, 1.807) is 0 Å². The molecule has 0 saturated carbocycles. The zero-order valence-electron chi connectivity index (χ0n) is 6.17. The van der Waals surface area contributed by atoms with Crippen LogP contribution < -0.4 is 0 Å². The molecule has 0 unspecified atom stereocenters. The molecule has 1 aromatic rings. The number of hydrogen-bond donors (Lipinski definition) is 1. The number of rotatable bonds is 2. The third-order valence-electron chi connectivity index (χ3n) is 1.39. The lowest BCUT2D eigenvalue weighted by atomic mass is 10.1. The number of pyridine rings is 1.